The number of fused-ring (bicyclic) bond motifs is 1. The largest absolute Gasteiger partial charge is 0.492 e. The zero-order valence-corrected chi connectivity index (χ0v) is 24.0. The van der Waals surface area contributed by atoms with Gasteiger partial charge in [-0.25, -0.2) is 0 Å². The highest BCUT2D eigenvalue weighted by atomic mass is 127. The smallest absolute Gasteiger partial charge is 0.310 e. The van der Waals surface area contributed by atoms with Crippen molar-refractivity contribution < 1.29 is 14.3 Å². The molecule has 0 spiro atoms. The van der Waals surface area contributed by atoms with Gasteiger partial charge in [-0.15, -0.1) is 13.2 Å². The van der Waals surface area contributed by atoms with Gasteiger partial charge in [-0.05, 0) is 83.3 Å². The second kappa shape index (κ2) is 13.1. The Balaban J connectivity index is 0.00000199. The van der Waals surface area contributed by atoms with E-state index in [4.69, 9.17) is 9.47 Å². The van der Waals surface area contributed by atoms with Crippen LogP contribution in [0.2, 0.25) is 0 Å². The van der Waals surface area contributed by atoms with Crippen LogP contribution in [0.3, 0.4) is 0 Å². The number of nitrogens with one attached hydrogen (secondary N) is 1. The van der Waals surface area contributed by atoms with Crippen LogP contribution < -0.4 is 10.1 Å². The summed E-state index contributed by atoms with van der Waals surface area (Å²) in [5, 5.41) is 4.52. The Kier molecular flexibility index (Phi) is 10.8. The van der Waals surface area contributed by atoms with Crippen molar-refractivity contribution in [2.24, 2.45) is 0 Å². The van der Waals surface area contributed by atoms with E-state index in [-0.39, 0.29) is 12.4 Å². The van der Waals surface area contributed by atoms with Crippen LogP contribution >= 0.6 is 30.1 Å². The molecule has 0 aliphatic rings. The molecule has 0 bridgehead atoms. The molecule has 0 fully saturated rings. The van der Waals surface area contributed by atoms with Crippen molar-refractivity contribution in [2.75, 3.05) is 31.8 Å². The summed E-state index contributed by atoms with van der Waals surface area (Å²) >= 11 is 2.29. The number of rotatable bonds is 9. The molecule has 1 N–H and O–H groups in total. The van der Waals surface area contributed by atoms with Crippen LogP contribution in [0, 0.1) is 20.8 Å². The van der Waals surface area contributed by atoms with Gasteiger partial charge in [0.05, 0.1) is 31.3 Å². The van der Waals surface area contributed by atoms with Crippen molar-refractivity contribution in [3.05, 3.63) is 59.8 Å². The van der Waals surface area contributed by atoms with E-state index in [0.717, 1.165) is 62.5 Å². The van der Waals surface area contributed by atoms with Crippen LogP contribution in [0.1, 0.15) is 29.3 Å². The lowest BCUT2D eigenvalue weighted by Gasteiger charge is -2.22. The molecule has 5 nitrogen and oxygen atoms in total. The van der Waals surface area contributed by atoms with Gasteiger partial charge < -0.3 is 19.4 Å². The fraction of sp³-hybridized carbons (Fsp3) is 0.370. The lowest BCUT2D eigenvalue weighted by atomic mass is 9.88. The SMILES string of the molecule is C=C.CCn1c(C)cc2c(-c3ccc(C)cc3OCCSI)c(CC(=O)OC)c(C)c(NC)c21. The standard InChI is InChI=1S/C25H31IN2O3S.C2H4/c1-7-28-16(3)13-20-23(18-9-8-15(2)12-21(18)31-10-11-32-26)19(14-22(29)30-6)17(4)24(27-5)25(20)28;1-2/h8-9,12-13,27H,7,10-11,14H2,1-6H3;1-2H2. The minimum Gasteiger partial charge on any atom is -0.492 e. The molecule has 0 atom stereocenters. The molecule has 0 saturated heterocycles. The number of benzene rings is 2. The number of anilines is 1. The maximum atomic E-state index is 12.4. The summed E-state index contributed by atoms with van der Waals surface area (Å²) in [5.41, 5.74) is 8.62. The van der Waals surface area contributed by atoms with Gasteiger partial charge >= 0.3 is 5.97 Å². The van der Waals surface area contributed by atoms with Crippen molar-refractivity contribution >= 4 is 52.7 Å². The van der Waals surface area contributed by atoms with Gasteiger partial charge in [-0.1, -0.05) is 21.1 Å². The molecule has 1 aromatic heterocycles. The molecule has 1 heterocycles. The number of carbonyl (C=O) groups is 1. The maximum Gasteiger partial charge on any atom is 0.310 e. The first-order valence-corrected chi connectivity index (χ1v) is 14.8. The fourth-order valence-electron chi connectivity index (χ4n) is 4.41. The van der Waals surface area contributed by atoms with Crippen molar-refractivity contribution in [1.29, 1.82) is 0 Å². The lowest BCUT2D eigenvalue weighted by Crippen LogP contribution is -2.11. The highest BCUT2D eigenvalue weighted by Crippen LogP contribution is 2.45. The summed E-state index contributed by atoms with van der Waals surface area (Å²) in [6, 6.07) is 8.54. The van der Waals surface area contributed by atoms with E-state index < -0.39 is 0 Å². The molecule has 2 aromatic carbocycles. The molecule has 184 valence electrons. The van der Waals surface area contributed by atoms with Crippen molar-refractivity contribution in [1.82, 2.24) is 4.57 Å². The first kappa shape index (κ1) is 28.1. The van der Waals surface area contributed by atoms with Crippen molar-refractivity contribution in [3.8, 4) is 16.9 Å². The van der Waals surface area contributed by atoms with E-state index in [9.17, 15) is 4.79 Å². The van der Waals surface area contributed by atoms with Crippen molar-refractivity contribution in [2.45, 2.75) is 40.7 Å². The van der Waals surface area contributed by atoms with E-state index in [2.05, 4.69) is 96.2 Å². The first-order valence-electron chi connectivity index (χ1n) is 11.2. The van der Waals surface area contributed by atoms with Crippen molar-refractivity contribution in [3.63, 3.8) is 0 Å². The molecule has 3 rings (SSSR count). The fourth-order valence-corrected chi connectivity index (χ4v) is 5.10. The Morgan fingerprint density at radius 3 is 2.50 bits per heavy atom. The summed E-state index contributed by atoms with van der Waals surface area (Å²) in [7, 11) is 5.11. The third-order valence-electron chi connectivity index (χ3n) is 5.88. The molecule has 0 amide bonds. The van der Waals surface area contributed by atoms with Gasteiger partial charge in [0, 0.05) is 36.0 Å². The van der Waals surface area contributed by atoms with Gasteiger partial charge in [0.25, 0.3) is 0 Å². The van der Waals surface area contributed by atoms with E-state index in [1.54, 1.807) is 8.93 Å². The lowest BCUT2D eigenvalue weighted by molar-refractivity contribution is -0.139. The number of hydrogen-bond donors (Lipinski definition) is 1. The number of hydrogen-bond acceptors (Lipinski definition) is 5. The quantitative estimate of drug-likeness (QED) is 0.122. The number of halogens is 1. The van der Waals surface area contributed by atoms with Crippen LogP contribution in [0.5, 0.6) is 5.75 Å². The van der Waals surface area contributed by atoms with Crippen LogP contribution in [0.4, 0.5) is 5.69 Å². The molecule has 0 radical (unpaired) electrons. The summed E-state index contributed by atoms with van der Waals surface area (Å²) in [5.74, 6) is 1.50. The highest BCUT2D eigenvalue weighted by molar-refractivity contribution is 14.2. The minimum absolute atomic E-state index is 0.204. The number of nitrogens with zero attached hydrogens (tertiary/aromatic N) is 1. The van der Waals surface area contributed by atoms with E-state index >= 15 is 0 Å². The Morgan fingerprint density at radius 2 is 1.91 bits per heavy atom. The Bertz CT molecular complexity index is 1160. The van der Waals surface area contributed by atoms with Crippen LogP contribution in [0.15, 0.2) is 37.4 Å². The summed E-state index contributed by atoms with van der Waals surface area (Å²) < 4.78 is 13.6. The monoisotopic (exact) mass is 594 g/mol. The number of methoxy groups -OCH3 is 1. The third kappa shape index (κ3) is 5.74. The molecule has 0 aliphatic heterocycles. The molecule has 0 aliphatic carbocycles. The van der Waals surface area contributed by atoms with Crippen LogP contribution in [-0.4, -0.2) is 37.1 Å². The number of esters is 1. The summed E-state index contributed by atoms with van der Waals surface area (Å²) in [6.07, 6.45) is 0.204. The Hall–Kier alpha value is -2.13. The third-order valence-corrected chi connectivity index (χ3v) is 7.52. The zero-order chi connectivity index (χ0) is 25.4. The Labute approximate surface area is 219 Å². The molecule has 34 heavy (non-hydrogen) atoms. The molecule has 0 saturated carbocycles. The van der Waals surface area contributed by atoms with Gasteiger partial charge in [0.2, 0.25) is 0 Å². The predicted octanol–water partition coefficient (Wildman–Crippen LogP) is 7.27. The average Bonchev–Trinajstić information content (AvgIpc) is 3.17. The molecule has 7 heteroatoms. The molecular weight excluding hydrogens is 559 g/mol. The van der Waals surface area contributed by atoms with E-state index in [1.807, 2.05) is 7.05 Å². The first-order chi connectivity index (χ1) is 16.4. The van der Waals surface area contributed by atoms with Gasteiger partial charge in [-0.2, -0.15) is 0 Å². The van der Waals surface area contributed by atoms with E-state index in [1.165, 1.54) is 12.8 Å². The zero-order valence-electron chi connectivity index (χ0n) is 21.0. The topological polar surface area (TPSA) is 52.5 Å². The minimum atomic E-state index is -0.252. The number of carbonyl (C=O) groups excluding carboxylic acids is 1. The average molecular weight is 595 g/mol. The number of ether oxygens (including phenoxy) is 2. The van der Waals surface area contributed by atoms with Crippen LogP contribution in [0.25, 0.3) is 22.0 Å². The highest BCUT2D eigenvalue weighted by Gasteiger charge is 2.25. The predicted molar refractivity (Wildman–Crippen MR) is 156 cm³/mol. The number of aromatic nitrogens is 1. The van der Waals surface area contributed by atoms with Crippen LogP contribution in [-0.2, 0) is 22.5 Å². The number of aryl methyl sites for hydroxylation is 3. The summed E-state index contributed by atoms with van der Waals surface area (Å²) in [4.78, 5) is 12.4. The normalized spacial score (nSPS) is 10.6. The summed E-state index contributed by atoms with van der Waals surface area (Å²) in [6.45, 7) is 15.9. The maximum absolute atomic E-state index is 12.4. The van der Waals surface area contributed by atoms with Gasteiger partial charge in [0.1, 0.15) is 5.75 Å². The molecule has 0 unspecified atom stereocenters. The van der Waals surface area contributed by atoms with Gasteiger partial charge in [-0.3, -0.25) is 4.79 Å². The van der Waals surface area contributed by atoms with E-state index in [0.29, 0.717) is 6.61 Å². The molecular formula is C27H35IN2O3S. The second-order valence-corrected chi connectivity index (χ2v) is 10.3. The Morgan fingerprint density at radius 1 is 1.21 bits per heavy atom. The molecule has 3 aromatic rings. The second-order valence-electron chi connectivity index (χ2n) is 7.81. The van der Waals surface area contributed by atoms with Gasteiger partial charge in [0.15, 0.2) is 0 Å².